The molecule has 1 aliphatic rings. The number of ether oxygens (including phenoxy) is 2. The molecule has 6 nitrogen and oxygen atoms in total. The van der Waals surface area contributed by atoms with E-state index in [0.717, 1.165) is 0 Å². The highest BCUT2D eigenvalue weighted by atomic mass is 35.5. The van der Waals surface area contributed by atoms with Crippen molar-refractivity contribution in [3.8, 4) is 5.75 Å². The van der Waals surface area contributed by atoms with Crippen LogP contribution in [0.25, 0.3) is 0 Å². The van der Waals surface area contributed by atoms with Gasteiger partial charge in [0.15, 0.2) is 12.2 Å². The van der Waals surface area contributed by atoms with Crippen molar-refractivity contribution in [2.45, 2.75) is 19.1 Å². The number of carboxylic acids is 1. The van der Waals surface area contributed by atoms with E-state index in [9.17, 15) is 9.59 Å². The van der Waals surface area contributed by atoms with Gasteiger partial charge in [0.25, 0.3) is 5.91 Å². The summed E-state index contributed by atoms with van der Waals surface area (Å²) in [6, 6.07) is 6.86. The third-order valence-electron chi connectivity index (χ3n) is 3.14. The van der Waals surface area contributed by atoms with Crippen LogP contribution < -0.4 is 4.74 Å². The Bertz CT molecular complexity index is 536. The molecule has 1 aromatic carbocycles. The number of hydrogen-bond donors (Lipinski definition) is 1. The van der Waals surface area contributed by atoms with Crippen LogP contribution in [0.3, 0.4) is 0 Å². The summed E-state index contributed by atoms with van der Waals surface area (Å²) in [5, 5.41) is 9.36. The smallest absolute Gasteiger partial charge is 0.334 e. The van der Waals surface area contributed by atoms with Crippen molar-refractivity contribution in [2.24, 2.45) is 0 Å². The number of para-hydroxylation sites is 1. The lowest BCUT2D eigenvalue weighted by molar-refractivity contribution is -0.161. The summed E-state index contributed by atoms with van der Waals surface area (Å²) in [6.45, 7) is 2.17. The molecule has 0 radical (unpaired) electrons. The maximum atomic E-state index is 12.3. The van der Waals surface area contributed by atoms with Crippen LogP contribution in [0.5, 0.6) is 5.75 Å². The van der Waals surface area contributed by atoms with Gasteiger partial charge in [-0.15, -0.1) is 0 Å². The number of amides is 1. The first-order valence-electron chi connectivity index (χ1n) is 6.53. The van der Waals surface area contributed by atoms with Crippen LogP contribution in [0.4, 0.5) is 0 Å². The Morgan fingerprint density at radius 1 is 1.48 bits per heavy atom. The molecule has 1 N–H and O–H groups in total. The number of hydrogen-bond acceptors (Lipinski definition) is 4. The van der Waals surface area contributed by atoms with Crippen LogP contribution in [-0.2, 0) is 14.3 Å². The second kappa shape index (κ2) is 6.78. The monoisotopic (exact) mass is 313 g/mol. The molecule has 1 fully saturated rings. The SMILES string of the molecule is C[C@@H](Oc1ccccc1Cl)C(=O)N1CCO[C@H](C(=O)O)C1. The van der Waals surface area contributed by atoms with E-state index in [1.165, 1.54) is 4.90 Å². The van der Waals surface area contributed by atoms with Crippen molar-refractivity contribution in [3.05, 3.63) is 29.3 Å². The second-order valence-electron chi connectivity index (χ2n) is 4.67. The molecule has 2 atom stereocenters. The van der Waals surface area contributed by atoms with Crippen molar-refractivity contribution < 1.29 is 24.2 Å². The molecule has 0 aliphatic carbocycles. The molecule has 114 valence electrons. The van der Waals surface area contributed by atoms with E-state index >= 15 is 0 Å². The van der Waals surface area contributed by atoms with Gasteiger partial charge in [-0.2, -0.15) is 0 Å². The molecule has 1 heterocycles. The maximum Gasteiger partial charge on any atom is 0.334 e. The topological polar surface area (TPSA) is 76.1 Å². The van der Waals surface area contributed by atoms with E-state index in [4.69, 9.17) is 26.2 Å². The van der Waals surface area contributed by atoms with Gasteiger partial charge in [0.1, 0.15) is 5.75 Å². The molecule has 0 saturated carbocycles. The predicted octanol–water partition coefficient (Wildman–Crippen LogP) is 1.42. The summed E-state index contributed by atoms with van der Waals surface area (Å²) < 4.78 is 10.6. The Balaban J connectivity index is 1.99. The third-order valence-corrected chi connectivity index (χ3v) is 3.45. The van der Waals surface area contributed by atoms with Crippen LogP contribution >= 0.6 is 11.6 Å². The van der Waals surface area contributed by atoms with E-state index < -0.39 is 18.2 Å². The van der Waals surface area contributed by atoms with E-state index in [-0.39, 0.29) is 19.1 Å². The van der Waals surface area contributed by atoms with Gasteiger partial charge in [-0.05, 0) is 19.1 Å². The molecular formula is C14H16ClNO5. The van der Waals surface area contributed by atoms with Crippen LogP contribution in [0.2, 0.25) is 5.02 Å². The Morgan fingerprint density at radius 3 is 2.86 bits per heavy atom. The zero-order chi connectivity index (χ0) is 15.4. The van der Waals surface area contributed by atoms with Gasteiger partial charge < -0.3 is 19.5 Å². The summed E-state index contributed by atoms with van der Waals surface area (Å²) >= 11 is 5.98. The van der Waals surface area contributed by atoms with Crippen molar-refractivity contribution in [3.63, 3.8) is 0 Å². The molecule has 1 saturated heterocycles. The normalized spacial score (nSPS) is 19.9. The third kappa shape index (κ3) is 3.86. The average Bonchev–Trinajstić information content (AvgIpc) is 2.49. The Labute approximate surface area is 127 Å². The summed E-state index contributed by atoms with van der Waals surface area (Å²) in [6.07, 6.45) is -1.74. The van der Waals surface area contributed by atoms with Gasteiger partial charge in [-0.3, -0.25) is 4.79 Å². The van der Waals surface area contributed by atoms with Crippen molar-refractivity contribution in [1.29, 1.82) is 0 Å². The van der Waals surface area contributed by atoms with Crippen LogP contribution in [-0.4, -0.2) is 53.8 Å². The molecule has 0 bridgehead atoms. The zero-order valence-electron chi connectivity index (χ0n) is 11.5. The van der Waals surface area contributed by atoms with Crippen LogP contribution in [0.1, 0.15) is 6.92 Å². The Kier molecular flexibility index (Phi) is 5.03. The number of carbonyl (C=O) groups is 2. The van der Waals surface area contributed by atoms with Crippen LogP contribution in [0, 0.1) is 0 Å². The molecule has 1 aromatic rings. The standard InChI is InChI=1S/C14H16ClNO5/c1-9(21-11-5-3-2-4-10(11)15)13(17)16-6-7-20-12(8-16)14(18)19/h2-5,9,12H,6-8H2,1H3,(H,18,19)/t9-,12+/m1/s1. The number of benzene rings is 1. The molecule has 1 amide bonds. The fourth-order valence-electron chi connectivity index (χ4n) is 2.04. The number of halogens is 1. The fraction of sp³-hybridized carbons (Fsp3) is 0.429. The minimum atomic E-state index is -1.08. The number of aliphatic carboxylic acids is 1. The molecule has 7 heteroatoms. The van der Waals surface area contributed by atoms with Crippen molar-refractivity contribution in [2.75, 3.05) is 19.7 Å². The number of morpholine rings is 1. The first kappa shape index (κ1) is 15.6. The van der Waals surface area contributed by atoms with E-state index in [2.05, 4.69) is 0 Å². The van der Waals surface area contributed by atoms with E-state index in [0.29, 0.717) is 17.3 Å². The predicted molar refractivity (Wildman–Crippen MR) is 75.5 cm³/mol. The number of rotatable bonds is 4. The van der Waals surface area contributed by atoms with E-state index in [1.807, 2.05) is 0 Å². The summed E-state index contributed by atoms with van der Waals surface area (Å²) in [5.41, 5.74) is 0. The van der Waals surface area contributed by atoms with Gasteiger partial charge in [-0.25, -0.2) is 4.79 Å². The maximum absolute atomic E-state index is 12.3. The Morgan fingerprint density at radius 2 is 2.19 bits per heavy atom. The molecule has 0 aromatic heterocycles. The number of nitrogens with zero attached hydrogens (tertiary/aromatic N) is 1. The Hall–Kier alpha value is -1.79. The lowest BCUT2D eigenvalue weighted by atomic mass is 10.2. The summed E-state index contributed by atoms with van der Waals surface area (Å²) in [5.74, 6) is -0.945. The molecule has 0 unspecified atom stereocenters. The molecular weight excluding hydrogens is 298 g/mol. The highest BCUT2D eigenvalue weighted by Gasteiger charge is 2.31. The number of carbonyl (C=O) groups excluding carboxylic acids is 1. The van der Waals surface area contributed by atoms with E-state index in [1.54, 1.807) is 31.2 Å². The lowest BCUT2D eigenvalue weighted by Crippen LogP contribution is -2.51. The second-order valence-corrected chi connectivity index (χ2v) is 5.08. The van der Waals surface area contributed by atoms with Gasteiger partial charge >= 0.3 is 5.97 Å². The summed E-state index contributed by atoms with van der Waals surface area (Å²) in [4.78, 5) is 24.6. The van der Waals surface area contributed by atoms with Crippen LogP contribution in [0.15, 0.2) is 24.3 Å². The largest absolute Gasteiger partial charge is 0.479 e. The minimum absolute atomic E-state index is 0.0182. The zero-order valence-corrected chi connectivity index (χ0v) is 12.2. The van der Waals surface area contributed by atoms with Gasteiger partial charge in [0.05, 0.1) is 18.2 Å². The highest BCUT2D eigenvalue weighted by molar-refractivity contribution is 6.32. The highest BCUT2D eigenvalue weighted by Crippen LogP contribution is 2.24. The van der Waals surface area contributed by atoms with Crippen molar-refractivity contribution >= 4 is 23.5 Å². The minimum Gasteiger partial charge on any atom is -0.479 e. The first-order chi connectivity index (χ1) is 9.99. The number of carboxylic acid groups (broad SMARTS) is 1. The van der Waals surface area contributed by atoms with Gasteiger partial charge in [0, 0.05) is 6.54 Å². The van der Waals surface area contributed by atoms with Crippen molar-refractivity contribution in [1.82, 2.24) is 4.90 Å². The van der Waals surface area contributed by atoms with Gasteiger partial charge in [-0.1, -0.05) is 23.7 Å². The van der Waals surface area contributed by atoms with Gasteiger partial charge in [0.2, 0.25) is 0 Å². The molecule has 0 spiro atoms. The molecule has 21 heavy (non-hydrogen) atoms. The lowest BCUT2D eigenvalue weighted by Gasteiger charge is -2.32. The quantitative estimate of drug-likeness (QED) is 0.910. The summed E-state index contributed by atoms with van der Waals surface area (Å²) in [7, 11) is 0. The molecule has 2 rings (SSSR count). The first-order valence-corrected chi connectivity index (χ1v) is 6.91. The molecule has 1 aliphatic heterocycles. The average molecular weight is 314 g/mol. The fourth-order valence-corrected chi connectivity index (χ4v) is 2.22.